The molecule has 0 aromatic heterocycles. The van der Waals surface area contributed by atoms with Crippen LogP contribution in [0.25, 0.3) is 0 Å². The SMILES string of the molecule is CCC1CCCC(CN)(N(CC(C)C)C(CC)CC)C1. The van der Waals surface area contributed by atoms with Crippen molar-refractivity contribution in [1.82, 2.24) is 4.90 Å². The Bertz CT molecular complexity index is 260. The molecule has 0 radical (unpaired) electrons. The van der Waals surface area contributed by atoms with E-state index in [1.165, 1.54) is 51.5 Å². The lowest BCUT2D eigenvalue weighted by Crippen LogP contribution is -2.60. The maximum absolute atomic E-state index is 6.34. The molecule has 1 aliphatic rings. The van der Waals surface area contributed by atoms with Crippen molar-refractivity contribution in [2.75, 3.05) is 13.1 Å². The smallest absolute Gasteiger partial charge is 0.0337 e. The molecule has 1 fully saturated rings. The van der Waals surface area contributed by atoms with Crippen LogP contribution in [0.15, 0.2) is 0 Å². The molecule has 2 atom stereocenters. The van der Waals surface area contributed by atoms with Gasteiger partial charge < -0.3 is 5.73 Å². The highest BCUT2D eigenvalue weighted by atomic mass is 15.2. The fraction of sp³-hybridized carbons (Fsp3) is 1.00. The van der Waals surface area contributed by atoms with E-state index >= 15 is 0 Å². The minimum Gasteiger partial charge on any atom is -0.329 e. The number of nitrogens with two attached hydrogens (primary N) is 1. The Kier molecular flexibility index (Phi) is 7.53. The van der Waals surface area contributed by atoms with E-state index in [0.717, 1.165) is 18.4 Å². The highest BCUT2D eigenvalue weighted by Crippen LogP contribution is 2.40. The summed E-state index contributed by atoms with van der Waals surface area (Å²) in [5.74, 6) is 1.61. The molecule has 0 spiro atoms. The fourth-order valence-corrected chi connectivity index (χ4v) is 4.23. The molecule has 1 saturated carbocycles. The largest absolute Gasteiger partial charge is 0.329 e. The summed E-state index contributed by atoms with van der Waals surface area (Å²) in [4.78, 5) is 2.82. The van der Waals surface area contributed by atoms with E-state index in [1.54, 1.807) is 0 Å². The van der Waals surface area contributed by atoms with Crippen LogP contribution in [-0.4, -0.2) is 29.6 Å². The van der Waals surface area contributed by atoms with Crippen LogP contribution in [0.5, 0.6) is 0 Å². The number of rotatable bonds is 8. The van der Waals surface area contributed by atoms with Gasteiger partial charge in [0.15, 0.2) is 0 Å². The van der Waals surface area contributed by atoms with E-state index in [1.807, 2.05) is 0 Å². The first-order chi connectivity index (χ1) is 9.52. The first kappa shape index (κ1) is 18.0. The molecule has 120 valence electrons. The average Bonchev–Trinajstić information content (AvgIpc) is 2.47. The zero-order valence-electron chi connectivity index (χ0n) is 14.6. The van der Waals surface area contributed by atoms with Crippen LogP contribution in [-0.2, 0) is 0 Å². The summed E-state index contributed by atoms with van der Waals surface area (Å²) < 4.78 is 0. The van der Waals surface area contributed by atoms with E-state index in [2.05, 4.69) is 39.5 Å². The minimum absolute atomic E-state index is 0.278. The molecule has 0 aromatic rings. The van der Waals surface area contributed by atoms with E-state index in [9.17, 15) is 0 Å². The predicted molar refractivity (Wildman–Crippen MR) is 89.9 cm³/mol. The molecule has 0 heterocycles. The van der Waals surface area contributed by atoms with Crippen molar-refractivity contribution in [3.63, 3.8) is 0 Å². The van der Waals surface area contributed by atoms with Gasteiger partial charge in [-0.3, -0.25) is 4.90 Å². The Balaban J connectivity index is 2.98. The average molecular weight is 283 g/mol. The molecule has 1 aliphatic carbocycles. The van der Waals surface area contributed by atoms with Gasteiger partial charge in [0.25, 0.3) is 0 Å². The van der Waals surface area contributed by atoms with Gasteiger partial charge in [0.05, 0.1) is 0 Å². The quantitative estimate of drug-likeness (QED) is 0.713. The van der Waals surface area contributed by atoms with Gasteiger partial charge >= 0.3 is 0 Å². The molecule has 2 unspecified atom stereocenters. The highest BCUT2D eigenvalue weighted by molar-refractivity contribution is 4.98. The lowest BCUT2D eigenvalue weighted by Gasteiger charge is -2.52. The Morgan fingerprint density at radius 2 is 1.85 bits per heavy atom. The molecule has 2 nitrogen and oxygen atoms in total. The van der Waals surface area contributed by atoms with Crippen molar-refractivity contribution in [3.8, 4) is 0 Å². The Labute approximate surface area is 127 Å². The van der Waals surface area contributed by atoms with Crippen molar-refractivity contribution in [2.45, 2.75) is 91.1 Å². The monoisotopic (exact) mass is 282 g/mol. The topological polar surface area (TPSA) is 29.3 Å². The summed E-state index contributed by atoms with van der Waals surface area (Å²) >= 11 is 0. The third-order valence-corrected chi connectivity index (χ3v) is 5.43. The maximum atomic E-state index is 6.34. The van der Waals surface area contributed by atoms with E-state index in [4.69, 9.17) is 5.73 Å². The Hall–Kier alpha value is -0.0800. The van der Waals surface area contributed by atoms with Crippen LogP contribution in [0.1, 0.15) is 79.6 Å². The first-order valence-corrected chi connectivity index (χ1v) is 8.99. The van der Waals surface area contributed by atoms with E-state index in [0.29, 0.717) is 6.04 Å². The van der Waals surface area contributed by atoms with Gasteiger partial charge in [-0.25, -0.2) is 0 Å². The fourth-order valence-electron chi connectivity index (χ4n) is 4.23. The summed E-state index contributed by atoms with van der Waals surface area (Å²) in [5, 5.41) is 0. The van der Waals surface area contributed by atoms with Crippen LogP contribution < -0.4 is 5.73 Å². The van der Waals surface area contributed by atoms with Gasteiger partial charge in [-0.2, -0.15) is 0 Å². The van der Waals surface area contributed by atoms with Gasteiger partial charge in [0.1, 0.15) is 0 Å². The van der Waals surface area contributed by atoms with E-state index < -0.39 is 0 Å². The Morgan fingerprint density at radius 1 is 1.20 bits per heavy atom. The molecule has 2 heteroatoms. The first-order valence-electron chi connectivity index (χ1n) is 8.99. The standard InChI is InChI=1S/C18H38N2/c1-6-16-10-9-11-18(12-16,14-19)20(13-15(4)5)17(7-2)8-3/h15-17H,6-14,19H2,1-5H3. The molecule has 0 aromatic carbocycles. The van der Waals surface area contributed by atoms with Gasteiger partial charge in [0.2, 0.25) is 0 Å². The van der Waals surface area contributed by atoms with Crippen molar-refractivity contribution in [1.29, 1.82) is 0 Å². The summed E-state index contributed by atoms with van der Waals surface area (Å²) in [7, 11) is 0. The number of nitrogens with zero attached hydrogens (tertiary/aromatic N) is 1. The van der Waals surface area contributed by atoms with Gasteiger partial charge in [0, 0.05) is 24.7 Å². The summed E-state index contributed by atoms with van der Waals surface area (Å²) in [6.07, 6.45) is 9.23. The summed E-state index contributed by atoms with van der Waals surface area (Å²) in [5.41, 5.74) is 6.61. The lowest BCUT2D eigenvalue weighted by atomic mass is 9.72. The van der Waals surface area contributed by atoms with Crippen molar-refractivity contribution in [3.05, 3.63) is 0 Å². The third kappa shape index (κ3) is 4.21. The van der Waals surface area contributed by atoms with Crippen LogP contribution >= 0.6 is 0 Å². The van der Waals surface area contributed by atoms with Crippen LogP contribution in [0, 0.1) is 11.8 Å². The van der Waals surface area contributed by atoms with Crippen LogP contribution in [0.3, 0.4) is 0 Å². The van der Waals surface area contributed by atoms with Gasteiger partial charge in [-0.15, -0.1) is 0 Å². The van der Waals surface area contributed by atoms with Crippen LogP contribution in [0.4, 0.5) is 0 Å². The molecule has 2 N–H and O–H groups in total. The molecule has 1 rings (SSSR count). The number of hydrogen-bond acceptors (Lipinski definition) is 2. The molecule has 0 amide bonds. The van der Waals surface area contributed by atoms with Crippen molar-refractivity contribution >= 4 is 0 Å². The lowest BCUT2D eigenvalue weighted by molar-refractivity contribution is -0.01000. The second-order valence-corrected chi connectivity index (χ2v) is 7.32. The second kappa shape index (κ2) is 8.38. The molecular weight excluding hydrogens is 244 g/mol. The maximum Gasteiger partial charge on any atom is 0.0337 e. The molecular formula is C18H38N2. The van der Waals surface area contributed by atoms with Gasteiger partial charge in [-0.1, -0.05) is 53.9 Å². The predicted octanol–water partition coefficient (Wildman–Crippen LogP) is 4.43. The zero-order valence-corrected chi connectivity index (χ0v) is 14.6. The van der Waals surface area contributed by atoms with Crippen molar-refractivity contribution in [2.24, 2.45) is 17.6 Å². The highest BCUT2D eigenvalue weighted by Gasteiger charge is 2.41. The normalized spacial score (nSPS) is 27.8. The summed E-state index contributed by atoms with van der Waals surface area (Å²) in [6.45, 7) is 13.8. The minimum atomic E-state index is 0.278. The second-order valence-electron chi connectivity index (χ2n) is 7.32. The van der Waals surface area contributed by atoms with Gasteiger partial charge in [-0.05, 0) is 37.5 Å². The van der Waals surface area contributed by atoms with Crippen molar-refractivity contribution < 1.29 is 0 Å². The number of hydrogen-bond donors (Lipinski definition) is 1. The summed E-state index contributed by atoms with van der Waals surface area (Å²) in [6, 6.07) is 0.705. The molecule has 0 bridgehead atoms. The molecule has 20 heavy (non-hydrogen) atoms. The third-order valence-electron chi connectivity index (χ3n) is 5.43. The van der Waals surface area contributed by atoms with E-state index in [-0.39, 0.29) is 5.54 Å². The zero-order chi connectivity index (χ0) is 15.2. The van der Waals surface area contributed by atoms with Crippen LogP contribution in [0.2, 0.25) is 0 Å². The molecule has 0 aliphatic heterocycles. The molecule has 0 saturated heterocycles. The Morgan fingerprint density at radius 3 is 2.30 bits per heavy atom.